The first kappa shape index (κ1) is 17.2. The van der Waals surface area contributed by atoms with Crippen molar-refractivity contribution in [3.8, 4) is 0 Å². The molecule has 7 nitrogen and oxygen atoms in total. The van der Waals surface area contributed by atoms with E-state index < -0.39 is 0 Å². The van der Waals surface area contributed by atoms with E-state index in [2.05, 4.69) is 25.7 Å². The molecule has 0 spiro atoms. The highest BCUT2D eigenvalue weighted by atomic mass is 16.5. The van der Waals surface area contributed by atoms with E-state index in [0.717, 1.165) is 44.3 Å². The molecule has 1 aliphatic heterocycles. The number of rotatable bonds is 5. The van der Waals surface area contributed by atoms with Gasteiger partial charge < -0.3 is 15.4 Å². The van der Waals surface area contributed by atoms with Gasteiger partial charge >= 0.3 is 0 Å². The van der Waals surface area contributed by atoms with Crippen molar-refractivity contribution in [1.29, 1.82) is 0 Å². The molecular weight excluding hydrogens is 304 g/mol. The van der Waals surface area contributed by atoms with Crippen LogP contribution in [0.2, 0.25) is 0 Å². The van der Waals surface area contributed by atoms with E-state index in [-0.39, 0.29) is 0 Å². The van der Waals surface area contributed by atoms with Crippen LogP contribution in [0.1, 0.15) is 50.8 Å². The number of guanidine groups is 1. The number of hydrogen-bond donors (Lipinski definition) is 2. The first-order valence-corrected chi connectivity index (χ1v) is 9.30. The number of hydrogen-bond acceptors (Lipinski definition) is 4. The zero-order valence-corrected chi connectivity index (χ0v) is 14.7. The fourth-order valence-corrected chi connectivity index (χ4v) is 3.55. The molecule has 7 heteroatoms. The van der Waals surface area contributed by atoms with Crippen LogP contribution in [0.3, 0.4) is 0 Å². The highest BCUT2D eigenvalue weighted by Gasteiger charge is 2.20. The number of aliphatic imine (C=N–C) groups is 1. The van der Waals surface area contributed by atoms with E-state index in [1.54, 1.807) is 6.33 Å². The van der Waals surface area contributed by atoms with Gasteiger partial charge in [0.2, 0.25) is 0 Å². The highest BCUT2D eigenvalue weighted by Crippen LogP contribution is 2.19. The third-order valence-corrected chi connectivity index (χ3v) is 4.92. The number of nitrogens with one attached hydrogen (secondary N) is 2. The summed E-state index contributed by atoms with van der Waals surface area (Å²) in [5.41, 5.74) is 0. The van der Waals surface area contributed by atoms with Gasteiger partial charge in [-0.25, -0.2) is 9.67 Å². The van der Waals surface area contributed by atoms with E-state index in [0.29, 0.717) is 12.1 Å². The van der Waals surface area contributed by atoms with Crippen molar-refractivity contribution in [2.45, 2.75) is 70.1 Å². The molecule has 1 atom stereocenters. The minimum atomic E-state index is 0.341. The SMILES string of the molecule is CN=C(NCCOC1CCCCCC1)NC1CCc2ncnn2C1. The van der Waals surface area contributed by atoms with Gasteiger partial charge in [-0.3, -0.25) is 4.99 Å². The Morgan fingerprint density at radius 1 is 1.29 bits per heavy atom. The Labute approximate surface area is 144 Å². The molecule has 1 unspecified atom stereocenters. The summed E-state index contributed by atoms with van der Waals surface area (Å²) in [6, 6.07) is 0.341. The van der Waals surface area contributed by atoms with E-state index in [9.17, 15) is 0 Å². The molecule has 0 bridgehead atoms. The second kappa shape index (κ2) is 9.01. The van der Waals surface area contributed by atoms with Crippen molar-refractivity contribution >= 4 is 5.96 Å². The standard InChI is InChI=1S/C17H30N6O/c1-18-17(19-10-11-24-15-6-4-2-3-5-7-15)22-14-8-9-16-20-13-21-23(16)12-14/h13-15H,2-12H2,1H3,(H2,18,19,22). The molecular formula is C17H30N6O. The molecule has 2 N–H and O–H groups in total. The van der Waals surface area contributed by atoms with Gasteiger partial charge in [-0.05, 0) is 19.3 Å². The van der Waals surface area contributed by atoms with Gasteiger partial charge in [-0.15, -0.1) is 0 Å². The van der Waals surface area contributed by atoms with E-state index in [1.807, 2.05) is 11.7 Å². The van der Waals surface area contributed by atoms with Gasteiger partial charge in [-0.1, -0.05) is 25.7 Å². The predicted octanol–water partition coefficient (Wildman–Crippen LogP) is 1.50. The Balaban J connectivity index is 1.35. The van der Waals surface area contributed by atoms with Crippen LogP contribution in [0.15, 0.2) is 11.3 Å². The van der Waals surface area contributed by atoms with Crippen LogP contribution >= 0.6 is 0 Å². The van der Waals surface area contributed by atoms with Crippen molar-refractivity contribution in [3.05, 3.63) is 12.2 Å². The zero-order valence-electron chi connectivity index (χ0n) is 14.7. The van der Waals surface area contributed by atoms with Crippen molar-refractivity contribution in [1.82, 2.24) is 25.4 Å². The second-order valence-electron chi connectivity index (χ2n) is 6.72. The lowest BCUT2D eigenvalue weighted by Crippen LogP contribution is -2.47. The summed E-state index contributed by atoms with van der Waals surface area (Å²) in [5.74, 6) is 1.92. The largest absolute Gasteiger partial charge is 0.376 e. The Morgan fingerprint density at radius 3 is 2.92 bits per heavy atom. The second-order valence-corrected chi connectivity index (χ2v) is 6.72. The molecule has 1 fully saturated rings. The number of fused-ring (bicyclic) bond motifs is 1. The summed E-state index contributed by atoms with van der Waals surface area (Å²) in [4.78, 5) is 8.58. The fourth-order valence-electron chi connectivity index (χ4n) is 3.55. The number of nitrogens with zero attached hydrogens (tertiary/aromatic N) is 4. The summed E-state index contributed by atoms with van der Waals surface area (Å²) < 4.78 is 7.99. The van der Waals surface area contributed by atoms with Crippen molar-refractivity contribution < 1.29 is 4.74 Å². The Morgan fingerprint density at radius 2 is 2.12 bits per heavy atom. The average molecular weight is 334 g/mol. The maximum Gasteiger partial charge on any atom is 0.191 e. The third-order valence-electron chi connectivity index (χ3n) is 4.92. The van der Waals surface area contributed by atoms with Crippen LogP contribution < -0.4 is 10.6 Å². The zero-order chi connectivity index (χ0) is 16.6. The summed E-state index contributed by atoms with van der Waals surface area (Å²) >= 11 is 0. The average Bonchev–Trinajstić information content (AvgIpc) is 2.91. The lowest BCUT2D eigenvalue weighted by molar-refractivity contribution is 0.0467. The molecule has 24 heavy (non-hydrogen) atoms. The maximum absolute atomic E-state index is 6.02. The molecule has 2 heterocycles. The molecule has 1 aliphatic carbocycles. The van der Waals surface area contributed by atoms with Gasteiger partial charge in [-0.2, -0.15) is 5.10 Å². The Hall–Kier alpha value is -1.63. The number of aryl methyl sites for hydroxylation is 1. The third kappa shape index (κ3) is 4.93. The van der Waals surface area contributed by atoms with E-state index >= 15 is 0 Å². The van der Waals surface area contributed by atoms with E-state index in [1.165, 1.54) is 38.5 Å². The molecule has 3 rings (SSSR count). The molecule has 2 aliphatic rings. The van der Waals surface area contributed by atoms with Crippen LogP contribution in [0.25, 0.3) is 0 Å². The predicted molar refractivity (Wildman–Crippen MR) is 94.1 cm³/mol. The molecule has 0 radical (unpaired) electrons. The molecule has 0 saturated heterocycles. The van der Waals surface area contributed by atoms with Crippen LogP contribution in [-0.4, -0.2) is 53.1 Å². The normalized spacial score (nSPS) is 22.7. The minimum Gasteiger partial charge on any atom is -0.376 e. The van der Waals surface area contributed by atoms with Crippen molar-refractivity contribution in [2.24, 2.45) is 4.99 Å². The van der Waals surface area contributed by atoms with Crippen molar-refractivity contribution in [3.63, 3.8) is 0 Å². The van der Waals surface area contributed by atoms with Crippen molar-refractivity contribution in [2.75, 3.05) is 20.2 Å². The fraction of sp³-hybridized carbons (Fsp3) is 0.824. The quantitative estimate of drug-likeness (QED) is 0.369. The molecule has 1 aromatic rings. The van der Waals surface area contributed by atoms with Gasteiger partial charge in [0.05, 0.1) is 19.3 Å². The Bertz CT molecular complexity index is 521. The van der Waals surface area contributed by atoms with Crippen LogP contribution in [-0.2, 0) is 17.7 Å². The first-order valence-electron chi connectivity index (χ1n) is 9.30. The number of ether oxygens (including phenoxy) is 1. The molecule has 134 valence electrons. The van der Waals surface area contributed by atoms with Crippen LogP contribution in [0, 0.1) is 0 Å². The topological polar surface area (TPSA) is 76.4 Å². The van der Waals surface area contributed by atoms with Gasteiger partial charge in [0, 0.05) is 26.1 Å². The lowest BCUT2D eigenvalue weighted by atomic mass is 10.1. The minimum absolute atomic E-state index is 0.341. The molecule has 1 saturated carbocycles. The molecule has 0 amide bonds. The van der Waals surface area contributed by atoms with Crippen LogP contribution in [0.4, 0.5) is 0 Å². The van der Waals surface area contributed by atoms with Gasteiger partial charge in [0.15, 0.2) is 5.96 Å². The smallest absolute Gasteiger partial charge is 0.191 e. The molecule has 0 aromatic carbocycles. The summed E-state index contributed by atoms with van der Waals surface area (Å²) in [7, 11) is 1.81. The van der Waals surface area contributed by atoms with E-state index in [4.69, 9.17) is 4.74 Å². The summed E-state index contributed by atoms with van der Waals surface area (Å²) in [6.07, 6.45) is 11.9. The van der Waals surface area contributed by atoms with Gasteiger partial charge in [0.1, 0.15) is 12.2 Å². The maximum atomic E-state index is 6.02. The monoisotopic (exact) mass is 334 g/mol. The molecule has 1 aromatic heterocycles. The van der Waals surface area contributed by atoms with Crippen LogP contribution in [0.5, 0.6) is 0 Å². The summed E-state index contributed by atoms with van der Waals surface area (Å²) in [5, 5.41) is 11.1. The number of aromatic nitrogens is 3. The lowest BCUT2D eigenvalue weighted by Gasteiger charge is -2.25. The van der Waals surface area contributed by atoms with Gasteiger partial charge in [0.25, 0.3) is 0 Å². The first-order chi connectivity index (χ1) is 11.8. The highest BCUT2D eigenvalue weighted by molar-refractivity contribution is 5.79. The summed E-state index contributed by atoms with van der Waals surface area (Å²) in [6.45, 7) is 2.37. The Kier molecular flexibility index (Phi) is 6.46.